The smallest absolute Gasteiger partial charge is 0.303 e. The van der Waals surface area contributed by atoms with E-state index >= 15 is 0 Å². The second-order valence-electron chi connectivity index (χ2n) is 3.32. The Balaban J connectivity index is 2.21. The van der Waals surface area contributed by atoms with Gasteiger partial charge >= 0.3 is 5.97 Å². The van der Waals surface area contributed by atoms with Gasteiger partial charge in [0.2, 0.25) is 0 Å². The fraction of sp³-hybridized carbons (Fsp3) is 0.545. The molecule has 1 heterocycles. The molecule has 0 saturated heterocycles. The number of aliphatic carboxylic acids is 1. The molecule has 1 rings (SSSR count). The molecule has 3 heteroatoms. The molecule has 14 heavy (non-hydrogen) atoms. The Kier molecular flexibility index (Phi) is 4.66. The average molecular weight is 212 g/mol. The molecule has 0 fully saturated rings. The Morgan fingerprint density at radius 3 is 2.64 bits per heavy atom. The van der Waals surface area contributed by atoms with Crippen LogP contribution in [-0.2, 0) is 17.6 Å². The molecule has 1 aromatic heterocycles. The van der Waals surface area contributed by atoms with Gasteiger partial charge in [0.25, 0.3) is 0 Å². The summed E-state index contributed by atoms with van der Waals surface area (Å²) in [6.45, 7) is 2.15. The first kappa shape index (κ1) is 11.2. The van der Waals surface area contributed by atoms with Gasteiger partial charge in [-0.2, -0.15) is 0 Å². The minimum Gasteiger partial charge on any atom is -0.481 e. The molecule has 0 unspecified atom stereocenters. The van der Waals surface area contributed by atoms with Crippen LogP contribution in [0.3, 0.4) is 0 Å². The summed E-state index contributed by atoms with van der Waals surface area (Å²) in [5, 5.41) is 8.46. The number of carbonyl (C=O) groups is 1. The lowest BCUT2D eigenvalue weighted by atomic mass is 10.2. The van der Waals surface area contributed by atoms with Gasteiger partial charge in [0.05, 0.1) is 0 Å². The molecule has 0 atom stereocenters. The summed E-state index contributed by atoms with van der Waals surface area (Å²) < 4.78 is 0. The molecule has 0 aliphatic heterocycles. The lowest BCUT2D eigenvalue weighted by Gasteiger charge is -1.95. The van der Waals surface area contributed by atoms with Crippen molar-refractivity contribution in [2.24, 2.45) is 0 Å². The largest absolute Gasteiger partial charge is 0.481 e. The van der Waals surface area contributed by atoms with Crippen LogP contribution in [0.15, 0.2) is 12.1 Å². The highest BCUT2D eigenvalue weighted by Gasteiger charge is 2.00. The van der Waals surface area contributed by atoms with Crippen LogP contribution in [0.2, 0.25) is 0 Å². The number of hydrogen-bond acceptors (Lipinski definition) is 2. The van der Waals surface area contributed by atoms with E-state index in [1.54, 1.807) is 0 Å². The van der Waals surface area contributed by atoms with Gasteiger partial charge < -0.3 is 5.11 Å². The zero-order valence-corrected chi connectivity index (χ0v) is 9.27. The maximum absolute atomic E-state index is 10.3. The van der Waals surface area contributed by atoms with Crippen LogP contribution < -0.4 is 0 Å². The summed E-state index contributed by atoms with van der Waals surface area (Å²) in [5.74, 6) is -0.689. The van der Waals surface area contributed by atoms with E-state index in [2.05, 4.69) is 19.1 Å². The van der Waals surface area contributed by atoms with Crippen molar-refractivity contribution in [1.29, 1.82) is 0 Å². The lowest BCUT2D eigenvalue weighted by Crippen LogP contribution is -1.94. The fourth-order valence-electron chi connectivity index (χ4n) is 1.32. The molecule has 0 aromatic carbocycles. The van der Waals surface area contributed by atoms with E-state index in [4.69, 9.17) is 5.11 Å². The van der Waals surface area contributed by atoms with Crippen molar-refractivity contribution in [3.05, 3.63) is 21.9 Å². The molecular weight excluding hydrogens is 196 g/mol. The molecule has 0 spiro atoms. The van der Waals surface area contributed by atoms with Crippen LogP contribution in [0.25, 0.3) is 0 Å². The number of aryl methyl sites for hydroxylation is 2. The van der Waals surface area contributed by atoms with Gasteiger partial charge in [-0.15, -0.1) is 11.3 Å². The van der Waals surface area contributed by atoms with E-state index in [9.17, 15) is 4.79 Å². The molecule has 0 aliphatic carbocycles. The summed E-state index contributed by atoms with van der Waals surface area (Å²) in [7, 11) is 0. The topological polar surface area (TPSA) is 37.3 Å². The molecule has 0 aliphatic rings. The number of unbranched alkanes of at least 4 members (excludes halogenated alkanes) is 1. The molecular formula is C11H16O2S. The minimum atomic E-state index is -0.689. The standard InChI is InChI=1S/C11H16O2S/c1-2-9-7-8-10(14-9)5-3-4-6-11(12)13/h7-8H,2-6H2,1H3,(H,12,13). The van der Waals surface area contributed by atoms with E-state index in [0.29, 0.717) is 6.42 Å². The van der Waals surface area contributed by atoms with Crippen molar-refractivity contribution in [3.63, 3.8) is 0 Å². The van der Waals surface area contributed by atoms with Crippen LogP contribution in [0.1, 0.15) is 35.9 Å². The maximum Gasteiger partial charge on any atom is 0.303 e. The number of thiophene rings is 1. The van der Waals surface area contributed by atoms with Gasteiger partial charge in [-0.05, 0) is 37.8 Å². The van der Waals surface area contributed by atoms with Gasteiger partial charge in [-0.25, -0.2) is 0 Å². The summed E-state index contributed by atoms with van der Waals surface area (Å²) in [5.41, 5.74) is 0. The van der Waals surface area contributed by atoms with Gasteiger partial charge in [0, 0.05) is 16.2 Å². The Morgan fingerprint density at radius 2 is 2.07 bits per heavy atom. The summed E-state index contributed by atoms with van der Waals surface area (Å²) >= 11 is 1.84. The van der Waals surface area contributed by atoms with Crippen LogP contribution in [0.4, 0.5) is 0 Å². The highest BCUT2D eigenvalue weighted by atomic mass is 32.1. The fourth-order valence-corrected chi connectivity index (χ4v) is 2.32. The average Bonchev–Trinajstić information content (AvgIpc) is 2.60. The maximum atomic E-state index is 10.3. The SMILES string of the molecule is CCc1ccc(CCCCC(=O)O)s1. The number of carboxylic acid groups (broad SMARTS) is 1. The molecule has 0 bridgehead atoms. The molecule has 1 N–H and O–H groups in total. The predicted octanol–water partition coefficient (Wildman–Crippen LogP) is 3.11. The quantitative estimate of drug-likeness (QED) is 0.736. The number of rotatable bonds is 6. The van der Waals surface area contributed by atoms with Crippen LogP contribution in [0.5, 0.6) is 0 Å². The normalized spacial score (nSPS) is 10.4. The summed E-state index contributed by atoms with van der Waals surface area (Å²) in [4.78, 5) is 13.1. The van der Waals surface area contributed by atoms with Crippen LogP contribution >= 0.6 is 11.3 Å². The van der Waals surface area contributed by atoms with Gasteiger partial charge in [0.15, 0.2) is 0 Å². The van der Waals surface area contributed by atoms with Crippen molar-refractivity contribution in [1.82, 2.24) is 0 Å². The third kappa shape index (κ3) is 3.92. The minimum absolute atomic E-state index is 0.298. The molecule has 0 radical (unpaired) electrons. The zero-order valence-electron chi connectivity index (χ0n) is 8.45. The first-order valence-electron chi connectivity index (χ1n) is 5.01. The number of carboxylic acids is 1. The van der Waals surface area contributed by atoms with Crippen molar-refractivity contribution in [2.45, 2.75) is 39.0 Å². The first-order valence-corrected chi connectivity index (χ1v) is 5.83. The third-order valence-electron chi connectivity index (χ3n) is 2.13. The lowest BCUT2D eigenvalue weighted by molar-refractivity contribution is -0.137. The van der Waals surface area contributed by atoms with Crippen molar-refractivity contribution >= 4 is 17.3 Å². The van der Waals surface area contributed by atoms with Gasteiger partial charge in [-0.1, -0.05) is 6.92 Å². The van der Waals surface area contributed by atoms with E-state index in [1.807, 2.05) is 11.3 Å². The Labute approximate surface area is 88.6 Å². The third-order valence-corrected chi connectivity index (χ3v) is 3.42. The monoisotopic (exact) mass is 212 g/mol. The molecule has 1 aromatic rings. The second-order valence-corrected chi connectivity index (χ2v) is 4.58. The van der Waals surface area contributed by atoms with Crippen molar-refractivity contribution in [3.8, 4) is 0 Å². The summed E-state index contributed by atoms with van der Waals surface area (Å²) in [6.07, 6.45) is 4.19. The molecule has 0 saturated carbocycles. The van der Waals surface area contributed by atoms with E-state index < -0.39 is 5.97 Å². The molecule has 2 nitrogen and oxygen atoms in total. The van der Waals surface area contributed by atoms with E-state index in [1.165, 1.54) is 9.75 Å². The van der Waals surface area contributed by atoms with Gasteiger partial charge in [-0.3, -0.25) is 4.79 Å². The van der Waals surface area contributed by atoms with E-state index in [0.717, 1.165) is 25.7 Å². The van der Waals surface area contributed by atoms with E-state index in [-0.39, 0.29) is 0 Å². The predicted molar refractivity (Wildman–Crippen MR) is 58.9 cm³/mol. The summed E-state index contributed by atoms with van der Waals surface area (Å²) in [6, 6.07) is 4.32. The van der Waals surface area contributed by atoms with Gasteiger partial charge in [0.1, 0.15) is 0 Å². The Hall–Kier alpha value is -0.830. The Morgan fingerprint density at radius 1 is 1.36 bits per heavy atom. The van der Waals surface area contributed by atoms with Crippen LogP contribution in [-0.4, -0.2) is 11.1 Å². The zero-order chi connectivity index (χ0) is 10.4. The van der Waals surface area contributed by atoms with Crippen molar-refractivity contribution in [2.75, 3.05) is 0 Å². The highest BCUT2D eigenvalue weighted by molar-refractivity contribution is 7.11. The number of hydrogen-bond donors (Lipinski definition) is 1. The second kappa shape index (κ2) is 5.81. The first-order chi connectivity index (χ1) is 6.72. The van der Waals surface area contributed by atoms with Crippen molar-refractivity contribution < 1.29 is 9.90 Å². The molecule has 0 amide bonds. The van der Waals surface area contributed by atoms with Crippen LogP contribution in [0, 0.1) is 0 Å². The highest BCUT2D eigenvalue weighted by Crippen LogP contribution is 2.19. The Bertz CT molecular complexity index is 291. The molecule has 78 valence electrons.